The maximum atomic E-state index is 5.13. The summed E-state index contributed by atoms with van der Waals surface area (Å²) in [6, 6.07) is 2.14. The summed E-state index contributed by atoms with van der Waals surface area (Å²) in [6.45, 7) is 4.12. The van der Waals surface area contributed by atoms with Gasteiger partial charge in [-0.05, 0) is 32.1 Å². The molecule has 0 atom stereocenters. The first-order valence-corrected chi connectivity index (χ1v) is 4.77. The fourth-order valence-electron chi connectivity index (χ4n) is 1.35. The number of hydrogen-bond acceptors (Lipinski definition) is 3. The number of nitrogens with one attached hydrogen (secondary N) is 2. The molecule has 0 unspecified atom stereocenters. The van der Waals surface area contributed by atoms with Gasteiger partial charge >= 0.3 is 0 Å². The van der Waals surface area contributed by atoms with E-state index in [1.807, 2.05) is 10.6 Å². The van der Waals surface area contributed by atoms with E-state index in [4.69, 9.17) is 12.2 Å². The first-order chi connectivity index (χ1) is 6.70. The van der Waals surface area contributed by atoms with Crippen LogP contribution in [0.3, 0.4) is 0 Å². The summed E-state index contributed by atoms with van der Waals surface area (Å²) in [5.41, 5.74) is 0.867. The Balaban J connectivity index is 2.60. The Morgan fingerprint density at radius 1 is 1.43 bits per heavy atom. The van der Waals surface area contributed by atoms with Gasteiger partial charge < -0.3 is 0 Å². The van der Waals surface area contributed by atoms with E-state index in [0.29, 0.717) is 4.77 Å². The average Bonchev–Trinajstić information content (AvgIpc) is 2.70. The van der Waals surface area contributed by atoms with Crippen molar-refractivity contribution in [3.63, 3.8) is 0 Å². The molecular weight excluding hydrogens is 198 g/mol. The number of H-pyrrole nitrogens is 2. The highest BCUT2D eigenvalue weighted by Crippen LogP contribution is 2.17. The van der Waals surface area contributed by atoms with E-state index in [1.54, 1.807) is 6.20 Å². The summed E-state index contributed by atoms with van der Waals surface area (Å²) in [4.78, 5) is 0. The molecule has 14 heavy (non-hydrogen) atoms. The van der Waals surface area contributed by atoms with Gasteiger partial charge in [-0.2, -0.15) is 10.2 Å². The van der Waals surface area contributed by atoms with Crippen molar-refractivity contribution in [3.8, 4) is 11.5 Å². The van der Waals surface area contributed by atoms with Gasteiger partial charge in [0.05, 0.1) is 0 Å². The molecule has 0 radical (unpaired) electrons. The molecule has 0 aromatic carbocycles. The third kappa shape index (κ3) is 1.37. The molecule has 2 heterocycles. The highest BCUT2D eigenvalue weighted by molar-refractivity contribution is 7.71. The zero-order valence-corrected chi connectivity index (χ0v) is 8.80. The fourth-order valence-corrected chi connectivity index (χ4v) is 1.70. The molecule has 2 aromatic heterocycles. The van der Waals surface area contributed by atoms with Gasteiger partial charge in [-0.1, -0.05) is 0 Å². The number of nitrogens with zero attached hydrogens (tertiary/aromatic N) is 3. The van der Waals surface area contributed by atoms with Gasteiger partial charge in [0.2, 0.25) is 0 Å². The summed E-state index contributed by atoms with van der Waals surface area (Å²) in [6.07, 6.45) is 1.69. The minimum atomic E-state index is 0.277. The van der Waals surface area contributed by atoms with Gasteiger partial charge in [0.15, 0.2) is 10.6 Å². The van der Waals surface area contributed by atoms with E-state index in [1.165, 1.54) is 0 Å². The zero-order chi connectivity index (χ0) is 10.1. The Kier molecular flexibility index (Phi) is 2.20. The lowest BCUT2D eigenvalue weighted by atomic mass is 10.3. The van der Waals surface area contributed by atoms with Gasteiger partial charge in [-0.25, -0.2) is 0 Å². The van der Waals surface area contributed by atoms with E-state index in [2.05, 4.69) is 34.2 Å². The van der Waals surface area contributed by atoms with Crippen molar-refractivity contribution >= 4 is 12.2 Å². The Morgan fingerprint density at radius 2 is 2.21 bits per heavy atom. The molecule has 0 bridgehead atoms. The van der Waals surface area contributed by atoms with Crippen LogP contribution in [0.4, 0.5) is 0 Å². The van der Waals surface area contributed by atoms with Crippen LogP contribution in [0.15, 0.2) is 12.3 Å². The number of hydrogen-bond donors (Lipinski definition) is 2. The molecule has 5 nitrogen and oxygen atoms in total. The van der Waals surface area contributed by atoms with Crippen LogP contribution in [-0.2, 0) is 0 Å². The molecule has 6 heteroatoms. The molecule has 0 saturated heterocycles. The lowest BCUT2D eigenvalue weighted by Gasteiger charge is -2.08. The van der Waals surface area contributed by atoms with Crippen molar-refractivity contribution in [2.45, 2.75) is 19.9 Å². The van der Waals surface area contributed by atoms with Crippen LogP contribution < -0.4 is 0 Å². The van der Waals surface area contributed by atoms with Crippen LogP contribution in [0.2, 0.25) is 0 Å². The predicted octanol–water partition coefficient (Wildman–Crippen LogP) is 1.91. The van der Waals surface area contributed by atoms with Gasteiger partial charge in [0.1, 0.15) is 5.69 Å². The average molecular weight is 209 g/mol. The molecule has 0 saturated carbocycles. The Hall–Kier alpha value is -1.43. The molecule has 0 fully saturated rings. The number of aromatic amines is 2. The van der Waals surface area contributed by atoms with E-state index in [-0.39, 0.29) is 6.04 Å². The molecule has 2 aromatic rings. The molecule has 74 valence electrons. The Labute approximate surface area is 86.2 Å². The van der Waals surface area contributed by atoms with Crippen LogP contribution in [0.25, 0.3) is 11.5 Å². The molecule has 2 N–H and O–H groups in total. The quantitative estimate of drug-likeness (QED) is 0.743. The number of rotatable bonds is 2. The van der Waals surface area contributed by atoms with Crippen LogP contribution in [0.5, 0.6) is 0 Å². The summed E-state index contributed by atoms with van der Waals surface area (Å²) in [7, 11) is 0. The minimum absolute atomic E-state index is 0.277. The second-order valence-electron chi connectivity index (χ2n) is 3.29. The van der Waals surface area contributed by atoms with E-state index in [0.717, 1.165) is 11.5 Å². The van der Waals surface area contributed by atoms with E-state index in [9.17, 15) is 0 Å². The zero-order valence-electron chi connectivity index (χ0n) is 7.98. The number of aromatic nitrogens is 5. The largest absolute Gasteiger partial charge is 0.296 e. The third-order valence-corrected chi connectivity index (χ3v) is 2.25. The van der Waals surface area contributed by atoms with Gasteiger partial charge in [-0.3, -0.25) is 14.8 Å². The molecular formula is C8H11N5S. The summed E-state index contributed by atoms with van der Waals surface area (Å²) >= 11 is 5.13. The van der Waals surface area contributed by atoms with Crippen molar-refractivity contribution in [2.24, 2.45) is 0 Å². The topological polar surface area (TPSA) is 62.3 Å². The van der Waals surface area contributed by atoms with Crippen molar-refractivity contribution in [3.05, 3.63) is 17.0 Å². The molecule has 0 amide bonds. The molecule has 2 rings (SSSR count). The van der Waals surface area contributed by atoms with Crippen LogP contribution in [0.1, 0.15) is 19.9 Å². The Bertz CT molecular complexity index is 464. The second-order valence-corrected chi connectivity index (χ2v) is 3.67. The summed E-state index contributed by atoms with van der Waals surface area (Å²) in [5, 5.41) is 13.7. The van der Waals surface area contributed by atoms with Crippen molar-refractivity contribution in [1.82, 2.24) is 25.0 Å². The van der Waals surface area contributed by atoms with E-state index >= 15 is 0 Å². The lowest BCUT2D eigenvalue weighted by molar-refractivity contribution is 0.596. The van der Waals surface area contributed by atoms with Gasteiger partial charge in [0, 0.05) is 12.2 Å². The standard InChI is InChI=1S/C8H11N5S/c1-5(2)13-7(11-12-8(13)14)6-3-4-9-10-6/h3-5H,1-2H3,(H,9,10)(H,12,14). The first-order valence-electron chi connectivity index (χ1n) is 4.37. The molecule has 0 aliphatic carbocycles. The van der Waals surface area contributed by atoms with Crippen molar-refractivity contribution in [2.75, 3.05) is 0 Å². The van der Waals surface area contributed by atoms with Crippen LogP contribution in [0, 0.1) is 4.77 Å². The van der Waals surface area contributed by atoms with Crippen LogP contribution in [-0.4, -0.2) is 25.0 Å². The monoisotopic (exact) mass is 209 g/mol. The second kappa shape index (κ2) is 3.38. The third-order valence-electron chi connectivity index (χ3n) is 1.96. The van der Waals surface area contributed by atoms with Crippen molar-refractivity contribution < 1.29 is 0 Å². The summed E-state index contributed by atoms with van der Waals surface area (Å²) < 4.78 is 2.58. The smallest absolute Gasteiger partial charge is 0.195 e. The van der Waals surface area contributed by atoms with Crippen molar-refractivity contribution in [1.29, 1.82) is 0 Å². The molecule has 0 aliphatic rings. The maximum Gasteiger partial charge on any atom is 0.195 e. The highest BCUT2D eigenvalue weighted by Gasteiger charge is 2.11. The lowest BCUT2D eigenvalue weighted by Crippen LogP contribution is -2.03. The SMILES string of the molecule is CC(C)n1c(-c2ccn[nH]2)n[nH]c1=S. The summed E-state index contributed by atoms with van der Waals surface area (Å²) in [5.74, 6) is 0.794. The molecule has 0 aliphatic heterocycles. The minimum Gasteiger partial charge on any atom is -0.296 e. The highest BCUT2D eigenvalue weighted by atomic mass is 32.1. The predicted molar refractivity (Wildman–Crippen MR) is 55.4 cm³/mol. The first kappa shape index (κ1) is 9.14. The van der Waals surface area contributed by atoms with E-state index < -0.39 is 0 Å². The van der Waals surface area contributed by atoms with Gasteiger partial charge in [0.25, 0.3) is 0 Å². The molecule has 0 spiro atoms. The fraction of sp³-hybridized carbons (Fsp3) is 0.375. The maximum absolute atomic E-state index is 5.13. The van der Waals surface area contributed by atoms with Crippen LogP contribution >= 0.6 is 12.2 Å². The normalized spacial score (nSPS) is 11.1. The Morgan fingerprint density at radius 3 is 2.79 bits per heavy atom. The van der Waals surface area contributed by atoms with Gasteiger partial charge in [-0.15, -0.1) is 0 Å².